The number of carbonyl (C=O) groups excluding carboxylic acids is 3. The summed E-state index contributed by atoms with van der Waals surface area (Å²) in [4.78, 5) is 34.1. The Bertz CT molecular complexity index is 415. The molecule has 1 aliphatic rings. The summed E-state index contributed by atoms with van der Waals surface area (Å²) >= 11 is 0. The van der Waals surface area contributed by atoms with E-state index in [9.17, 15) is 14.4 Å². The molecule has 3 unspecified atom stereocenters. The van der Waals surface area contributed by atoms with Crippen molar-refractivity contribution in [2.75, 3.05) is 7.11 Å². The average molecular weight is 310 g/mol. The van der Waals surface area contributed by atoms with Crippen molar-refractivity contribution in [3.8, 4) is 0 Å². The number of ether oxygens (including phenoxy) is 2. The molecule has 5 nitrogen and oxygen atoms in total. The second-order valence-corrected chi connectivity index (χ2v) is 5.77. The molecule has 0 bridgehead atoms. The first-order valence-corrected chi connectivity index (χ1v) is 7.89. The van der Waals surface area contributed by atoms with E-state index in [1.54, 1.807) is 6.08 Å². The van der Waals surface area contributed by atoms with Gasteiger partial charge in [-0.15, -0.1) is 6.58 Å². The van der Waals surface area contributed by atoms with E-state index in [0.717, 1.165) is 32.1 Å². The highest BCUT2D eigenvalue weighted by Gasteiger charge is 2.41. The fraction of sp³-hybridized carbons (Fsp3) is 0.706. The number of hydrogen-bond acceptors (Lipinski definition) is 5. The van der Waals surface area contributed by atoms with Crippen LogP contribution in [0.4, 0.5) is 0 Å². The standard InChI is InChI=1S/C17H26O5/c1-4-13-14(15(19)11-16(13)22-12(2)18)9-7-5-6-8-10-17(20)21-3/h4,13-14,16H,1,5-11H2,2-3H3. The maximum absolute atomic E-state index is 12.1. The van der Waals surface area contributed by atoms with Gasteiger partial charge in [0, 0.05) is 31.6 Å². The molecular formula is C17H26O5. The summed E-state index contributed by atoms with van der Waals surface area (Å²) in [6.07, 6.45) is 6.57. The van der Waals surface area contributed by atoms with E-state index in [-0.39, 0.29) is 35.7 Å². The Morgan fingerprint density at radius 3 is 2.55 bits per heavy atom. The molecule has 22 heavy (non-hydrogen) atoms. The molecule has 0 saturated heterocycles. The lowest BCUT2D eigenvalue weighted by molar-refractivity contribution is -0.147. The molecule has 1 fully saturated rings. The smallest absolute Gasteiger partial charge is 0.305 e. The summed E-state index contributed by atoms with van der Waals surface area (Å²) in [6, 6.07) is 0. The van der Waals surface area contributed by atoms with Crippen molar-refractivity contribution in [2.45, 2.75) is 58.0 Å². The van der Waals surface area contributed by atoms with Crippen LogP contribution >= 0.6 is 0 Å². The van der Waals surface area contributed by atoms with Crippen molar-refractivity contribution in [2.24, 2.45) is 11.8 Å². The number of hydrogen-bond donors (Lipinski definition) is 0. The Labute approximate surface area is 132 Å². The molecule has 1 rings (SSSR count). The topological polar surface area (TPSA) is 69.7 Å². The Hall–Kier alpha value is -1.65. The molecule has 3 atom stereocenters. The van der Waals surface area contributed by atoms with Gasteiger partial charge in [0.2, 0.25) is 0 Å². The third-order valence-corrected chi connectivity index (χ3v) is 4.17. The summed E-state index contributed by atoms with van der Waals surface area (Å²) in [5, 5.41) is 0. The van der Waals surface area contributed by atoms with Gasteiger partial charge in [0.15, 0.2) is 0 Å². The number of esters is 2. The lowest BCUT2D eigenvalue weighted by Gasteiger charge is -2.20. The molecule has 0 radical (unpaired) electrons. The summed E-state index contributed by atoms with van der Waals surface area (Å²) in [7, 11) is 1.39. The van der Waals surface area contributed by atoms with E-state index >= 15 is 0 Å². The zero-order chi connectivity index (χ0) is 16.5. The molecule has 0 N–H and O–H groups in total. The van der Waals surface area contributed by atoms with Crippen molar-refractivity contribution >= 4 is 17.7 Å². The van der Waals surface area contributed by atoms with Gasteiger partial charge in [0.25, 0.3) is 0 Å². The summed E-state index contributed by atoms with van der Waals surface area (Å²) < 4.78 is 9.80. The van der Waals surface area contributed by atoms with Crippen LogP contribution in [0.25, 0.3) is 0 Å². The zero-order valence-corrected chi connectivity index (χ0v) is 13.5. The summed E-state index contributed by atoms with van der Waals surface area (Å²) in [5.74, 6) is -0.547. The average Bonchev–Trinajstić information content (AvgIpc) is 2.76. The van der Waals surface area contributed by atoms with Crippen LogP contribution in [0.2, 0.25) is 0 Å². The lowest BCUT2D eigenvalue weighted by Crippen LogP contribution is -2.23. The maximum atomic E-state index is 12.1. The Morgan fingerprint density at radius 2 is 1.95 bits per heavy atom. The second kappa shape index (κ2) is 9.38. The molecule has 0 amide bonds. The number of carbonyl (C=O) groups is 3. The Kier molecular flexibility index (Phi) is 7.85. The largest absolute Gasteiger partial charge is 0.469 e. The molecule has 1 saturated carbocycles. The summed E-state index contributed by atoms with van der Waals surface area (Å²) in [6.45, 7) is 5.14. The fourth-order valence-electron chi connectivity index (χ4n) is 3.05. The highest BCUT2D eigenvalue weighted by molar-refractivity contribution is 5.85. The van der Waals surface area contributed by atoms with Crippen molar-refractivity contribution < 1.29 is 23.9 Å². The molecule has 0 aromatic rings. The van der Waals surface area contributed by atoms with Gasteiger partial charge >= 0.3 is 11.9 Å². The minimum Gasteiger partial charge on any atom is -0.469 e. The maximum Gasteiger partial charge on any atom is 0.305 e. The van der Waals surface area contributed by atoms with Gasteiger partial charge in [-0.2, -0.15) is 0 Å². The van der Waals surface area contributed by atoms with Gasteiger partial charge in [0.05, 0.1) is 7.11 Å². The van der Waals surface area contributed by atoms with E-state index < -0.39 is 0 Å². The quantitative estimate of drug-likeness (QED) is 0.372. The van der Waals surface area contributed by atoms with E-state index in [4.69, 9.17) is 4.74 Å². The van der Waals surface area contributed by atoms with Crippen molar-refractivity contribution in [1.29, 1.82) is 0 Å². The highest BCUT2D eigenvalue weighted by Crippen LogP contribution is 2.35. The van der Waals surface area contributed by atoms with Crippen LogP contribution in [0, 0.1) is 11.8 Å². The van der Waals surface area contributed by atoms with E-state index in [1.807, 2.05) is 0 Å². The minimum atomic E-state index is -0.355. The first-order chi connectivity index (χ1) is 10.5. The number of ketones is 1. The van der Waals surface area contributed by atoms with Crippen molar-refractivity contribution in [3.05, 3.63) is 12.7 Å². The van der Waals surface area contributed by atoms with Crippen LogP contribution in [-0.4, -0.2) is 30.9 Å². The predicted molar refractivity (Wildman–Crippen MR) is 82.1 cm³/mol. The SMILES string of the molecule is C=CC1C(OC(C)=O)CC(=O)C1CCCCCCC(=O)OC. The van der Waals surface area contributed by atoms with Crippen LogP contribution in [0.15, 0.2) is 12.7 Å². The molecule has 5 heteroatoms. The number of methoxy groups -OCH3 is 1. The van der Waals surface area contributed by atoms with Crippen LogP contribution < -0.4 is 0 Å². The highest BCUT2D eigenvalue weighted by atomic mass is 16.5. The van der Waals surface area contributed by atoms with Gasteiger partial charge < -0.3 is 9.47 Å². The third-order valence-electron chi connectivity index (χ3n) is 4.17. The van der Waals surface area contributed by atoms with Crippen molar-refractivity contribution in [1.82, 2.24) is 0 Å². The molecule has 0 aromatic carbocycles. The van der Waals surface area contributed by atoms with Gasteiger partial charge in [-0.05, 0) is 12.8 Å². The number of Topliss-reactive ketones (excluding diaryl/α,β-unsaturated/α-hetero) is 1. The number of unbranched alkanes of at least 4 members (excludes halogenated alkanes) is 3. The van der Waals surface area contributed by atoms with Crippen molar-refractivity contribution in [3.63, 3.8) is 0 Å². The van der Waals surface area contributed by atoms with Gasteiger partial charge in [-0.25, -0.2) is 0 Å². The molecular weight excluding hydrogens is 284 g/mol. The van der Waals surface area contributed by atoms with Gasteiger partial charge in [0.1, 0.15) is 11.9 Å². The van der Waals surface area contributed by atoms with Crippen LogP contribution in [0.5, 0.6) is 0 Å². The lowest BCUT2D eigenvalue weighted by atomic mass is 9.89. The van der Waals surface area contributed by atoms with Gasteiger partial charge in [-0.3, -0.25) is 14.4 Å². The molecule has 0 aromatic heterocycles. The van der Waals surface area contributed by atoms with Crippen LogP contribution in [-0.2, 0) is 23.9 Å². The zero-order valence-electron chi connectivity index (χ0n) is 13.5. The van der Waals surface area contributed by atoms with E-state index in [2.05, 4.69) is 11.3 Å². The summed E-state index contributed by atoms with van der Waals surface area (Å²) in [5.41, 5.74) is 0. The second-order valence-electron chi connectivity index (χ2n) is 5.77. The number of rotatable bonds is 9. The Balaban J connectivity index is 2.32. The third kappa shape index (κ3) is 5.62. The van der Waals surface area contributed by atoms with E-state index in [1.165, 1.54) is 14.0 Å². The van der Waals surface area contributed by atoms with Gasteiger partial charge in [-0.1, -0.05) is 25.3 Å². The molecule has 124 valence electrons. The molecule has 0 heterocycles. The fourth-order valence-corrected chi connectivity index (χ4v) is 3.05. The molecule has 1 aliphatic carbocycles. The van der Waals surface area contributed by atoms with E-state index in [0.29, 0.717) is 12.8 Å². The normalized spacial score (nSPS) is 24.1. The predicted octanol–water partition coefficient (Wildman–Crippen LogP) is 2.82. The van der Waals surface area contributed by atoms with Crippen LogP contribution in [0.3, 0.4) is 0 Å². The minimum absolute atomic E-state index is 0.0773. The molecule has 0 aliphatic heterocycles. The monoisotopic (exact) mass is 310 g/mol. The first-order valence-electron chi connectivity index (χ1n) is 7.89. The van der Waals surface area contributed by atoms with Crippen LogP contribution in [0.1, 0.15) is 51.9 Å². The first kappa shape index (κ1) is 18.4. The molecule has 0 spiro atoms. The Morgan fingerprint density at radius 1 is 1.27 bits per heavy atom.